The molecule has 0 bridgehead atoms. The monoisotopic (exact) mass is 381 g/mol. The number of aliphatic imine (C=N–C) groups is 1. The summed E-state index contributed by atoms with van der Waals surface area (Å²) < 4.78 is 4.83. The zero-order chi connectivity index (χ0) is 20.6. The van der Waals surface area contributed by atoms with Crippen LogP contribution < -0.4 is 0 Å². The molecule has 0 aromatic heterocycles. The second-order valence-corrected chi connectivity index (χ2v) is 7.59. The Bertz CT molecular complexity index is 632. The number of carbonyl (C=O) groups excluding carboxylic acids is 2. The fourth-order valence-electron chi connectivity index (χ4n) is 3.40. The molecule has 0 aromatic carbocycles. The Kier molecular flexibility index (Phi) is 8.66. The molecule has 0 unspecified atom stereocenters. The molecule has 0 spiro atoms. The van der Waals surface area contributed by atoms with Crippen LogP contribution in [0.4, 0.5) is 0 Å². The molecular formula is C20H31NO6. The number of hydrogen-bond acceptors (Lipinski definition) is 6. The van der Waals surface area contributed by atoms with Gasteiger partial charge in [0.2, 0.25) is 0 Å². The van der Waals surface area contributed by atoms with Crippen molar-refractivity contribution in [3.05, 3.63) is 11.3 Å². The minimum atomic E-state index is -0.896. The standard InChI is InChI=1S/C20H31NO6/c1-5-9-14(22)16-13(21-11-8-6-7-10-15(23)24)12-20(2,3)17(18(16)25)19(26)27-4/h17,25H,5-12H2,1-4H3,(H,23,24)/t17-/m1/s1. The molecule has 7 heteroatoms. The van der Waals surface area contributed by atoms with Crippen LogP contribution in [0.25, 0.3) is 0 Å². The van der Waals surface area contributed by atoms with Crippen LogP contribution in [-0.2, 0) is 19.1 Å². The largest absolute Gasteiger partial charge is 0.511 e. The highest BCUT2D eigenvalue weighted by atomic mass is 16.5. The van der Waals surface area contributed by atoms with Crippen LogP contribution in [0.2, 0.25) is 0 Å². The first-order valence-corrected chi connectivity index (χ1v) is 9.45. The molecular weight excluding hydrogens is 350 g/mol. The van der Waals surface area contributed by atoms with Gasteiger partial charge in [-0.3, -0.25) is 19.4 Å². The number of nitrogens with zero attached hydrogens (tertiary/aromatic N) is 1. The molecule has 0 heterocycles. The van der Waals surface area contributed by atoms with Gasteiger partial charge in [-0.1, -0.05) is 27.2 Å². The number of carboxylic acids is 1. The topological polar surface area (TPSA) is 113 Å². The number of hydrogen-bond donors (Lipinski definition) is 2. The zero-order valence-corrected chi connectivity index (χ0v) is 16.7. The molecule has 27 heavy (non-hydrogen) atoms. The van der Waals surface area contributed by atoms with Crippen LogP contribution in [0, 0.1) is 11.3 Å². The SMILES string of the molecule is CCCC(=O)C1=C(O)[C@H](C(=O)OC)C(C)(C)CC1=NCCCCCC(=O)O. The van der Waals surface area contributed by atoms with Crippen molar-refractivity contribution in [3.63, 3.8) is 0 Å². The summed E-state index contributed by atoms with van der Waals surface area (Å²) in [6, 6.07) is 0. The molecule has 0 aromatic rings. The van der Waals surface area contributed by atoms with E-state index in [1.807, 2.05) is 20.8 Å². The highest BCUT2D eigenvalue weighted by Gasteiger charge is 2.47. The second kappa shape index (κ2) is 10.2. The van der Waals surface area contributed by atoms with Crippen molar-refractivity contribution in [2.75, 3.05) is 13.7 Å². The van der Waals surface area contributed by atoms with Crippen LogP contribution in [0.3, 0.4) is 0 Å². The molecule has 1 rings (SSSR count). The fraction of sp³-hybridized carbons (Fsp3) is 0.700. The van der Waals surface area contributed by atoms with Gasteiger partial charge in [0.05, 0.1) is 12.7 Å². The maximum atomic E-state index is 12.6. The number of carboxylic acid groups (broad SMARTS) is 1. The minimum absolute atomic E-state index is 0.130. The predicted molar refractivity (Wildman–Crippen MR) is 102 cm³/mol. The first kappa shape index (κ1) is 22.9. The molecule has 1 aliphatic rings. The highest BCUT2D eigenvalue weighted by molar-refractivity contribution is 6.24. The van der Waals surface area contributed by atoms with Crippen LogP contribution in [0.5, 0.6) is 0 Å². The molecule has 2 N–H and O–H groups in total. The van der Waals surface area contributed by atoms with Crippen LogP contribution in [-0.4, -0.2) is 47.3 Å². The average molecular weight is 381 g/mol. The van der Waals surface area contributed by atoms with Crippen molar-refractivity contribution in [3.8, 4) is 0 Å². The Morgan fingerprint density at radius 1 is 1.19 bits per heavy atom. The number of esters is 1. The van der Waals surface area contributed by atoms with Gasteiger partial charge in [0, 0.05) is 25.1 Å². The van der Waals surface area contributed by atoms with Gasteiger partial charge >= 0.3 is 11.9 Å². The molecule has 0 fully saturated rings. The molecule has 1 aliphatic carbocycles. The summed E-state index contributed by atoms with van der Waals surface area (Å²) in [6.07, 6.45) is 3.43. The molecule has 0 aliphatic heterocycles. The van der Waals surface area contributed by atoms with Crippen molar-refractivity contribution in [1.29, 1.82) is 0 Å². The first-order valence-electron chi connectivity index (χ1n) is 9.45. The van der Waals surface area contributed by atoms with E-state index in [9.17, 15) is 19.5 Å². The second-order valence-electron chi connectivity index (χ2n) is 7.59. The number of carbonyl (C=O) groups is 3. The average Bonchev–Trinajstić information content (AvgIpc) is 2.56. The number of unbranched alkanes of at least 4 members (excludes halogenated alkanes) is 2. The van der Waals surface area contributed by atoms with Crippen molar-refractivity contribution in [2.24, 2.45) is 16.3 Å². The van der Waals surface area contributed by atoms with E-state index in [4.69, 9.17) is 9.84 Å². The summed E-state index contributed by atoms with van der Waals surface area (Å²) in [5.41, 5.74) is 0.0430. The summed E-state index contributed by atoms with van der Waals surface area (Å²) in [4.78, 5) is 39.8. The van der Waals surface area contributed by atoms with Crippen molar-refractivity contribution >= 4 is 23.4 Å². The molecule has 0 saturated carbocycles. The molecule has 0 saturated heterocycles. The van der Waals surface area contributed by atoms with Crippen LogP contribution in [0.1, 0.15) is 65.7 Å². The van der Waals surface area contributed by atoms with Gasteiger partial charge in [-0.05, 0) is 31.1 Å². The van der Waals surface area contributed by atoms with E-state index in [2.05, 4.69) is 4.99 Å². The summed E-state index contributed by atoms with van der Waals surface area (Å²) >= 11 is 0. The lowest BCUT2D eigenvalue weighted by Crippen LogP contribution is -2.42. The first-order chi connectivity index (χ1) is 12.7. The van der Waals surface area contributed by atoms with Gasteiger partial charge in [-0.2, -0.15) is 0 Å². The van der Waals surface area contributed by atoms with Gasteiger partial charge in [-0.25, -0.2) is 0 Å². The van der Waals surface area contributed by atoms with E-state index in [-0.39, 0.29) is 30.0 Å². The van der Waals surface area contributed by atoms with E-state index < -0.39 is 23.3 Å². The third-order valence-electron chi connectivity index (χ3n) is 4.77. The Balaban J connectivity index is 3.08. The number of methoxy groups -OCH3 is 1. The van der Waals surface area contributed by atoms with Gasteiger partial charge in [-0.15, -0.1) is 0 Å². The lowest BCUT2D eigenvalue weighted by Gasteiger charge is -2.37. The number of aliphatic carboxylic acids is 1. The van der Waals surface area contributed by atoms with Crippen molar-refractivity contribution < 1.29 is 29.3 Å². The van der Waals surface area contributed by atoms with Gasteiger partial charge in [0.1, 0.15) is 11.7 Å². The van der Waals surface area contributed by atoms with E-state index >= 15 is 0 Å². The third-order valence-corrected chi connectivity index (χ3v) is 4.77. The highest BCUT2D eigenvalue weighted by Crippen LogP contribution is 2.43. The van der Waals surface area contributed by atoms with Crippen LogP contribution in [0.15, 0.2) is 16.3 Å². The Morgan fingerprint density at radius 2 is 1.85 bits per heavy atom. The number of aliphatic hydroxyl groups excluding tert-OH is 1. The van der Waals surface area contributed by atoms with Crippen molar-refractivity contribution in [2.45, 2.75) is 65.7 Å². The Morgan fingerprint density at radius 3 is 2.41 bits per heavy atom. The molecule has 152 valence electrons. The third kappa shape index (κ3) is 6.19. The number of ether oxygens (including phenoxy) is 1. The minimum Gasteiger partial charge on any atom is -0.511 e. The van der Waals surface area contributed by atoms with Crippen molar-refractivity contribution in [1.82, 2.24) is 0 Å². The molecule has 1 atom stereocenters. The van der Waals surface area contributed by atoms with Gasteiger partial charge < -0.3 is 14.9 Å². The normalized spacial score (nSPS) is 20.6. The summed E-state index contributed by atoms with van der Waals surface area (Å²) in [6.45, 7) is 6.01. The van der Waals surface area contributed by atoms with E-state index in [0.717, 1.165) is 6.42 Å². The zero-order valence-electron chi connectivity index (χ0n) is 16.7. The molecule has 0 amide bonds. The smallest absolute Gasteiger partial charge is 0.316 e. The number of allylic oxidation sites excluding steroid dienone is 1. The maximum Gasteiger partial charge on any atom is 0.316 e. The van der Waals surface area contributed by atoms with Gasteiger partial charge in [0.15, 0.2) is 5.78 Å². The Labute approximate surface area is 160 Å². The van der Waals surface area contributed by atoms with Gasteiger partial charge in [0.25, 0.3) is 0 Å². The molecule has 7 nitrogen and oxygen atoms in total. The van der Waals surface area contributed by atoms with E-state index in [0.29, 0.717) is 37.9 Å². The molecule has 0 radical (unpaired) electrons. The maximum absolute atomic E-state index is 12.6. The fourth-order valence-corrected chi connectivity index (χ4v) is 3.40. The summed E-state index contributed by atoms with van der Waals surface area (Å²) in [5, 5.41) is 19.4. The lowest BCUT2D eigenvalue weighted by molar-refractivity contribution is -0.149. The predicted octanol–water partition coefficient (Wildman–Crippen LogP) is 3.47. The summed E-state index contributed by atoms with van der Waals surface area (Å²) in [7, 11) is 1.26. The lowest BCUT2D eigenvalue weighted by atomic mass is 9.67. The quantitative estimate of drug-likeness (QED) is 0.442. The van der Waals surface area contributed by atoms with E-state index in [1.54, 1.807) is 0 Å². The number of aliphatic hydroxyl groups is 1. The van der Waals surface area contributed by atoms with Crippen LogP contribution >= 0.6 is 0 Å². The number of Topliss-reactive ketones (excluding diaryl/α,β-unsaturated/α-hetero) is 1. The number of ketones is 1. The number of rotatable bonds is 10. The van der Waals surface area contributed by atoms with E-state index in [1.165, 1.54) is 7.11 Å². The summed E-state index contributed by atoms with van der Waals surface area (Å²) in [5.74, 6) is -2.74. The Hall–Kier alpha value is -2.18.